The van der Waals surface area contributed by atoms with Gasteiger partial charge in [-0.05, 0) is 24.3 Å². The highest BCUT2D eigenvalue weighted by molar-refractivity contribution is 7.10. The number of nitrogens with one attached hydrogen (secondary N) is 2. The van der Waals surface area contributed by atoms with Gasteiger partial charge in [-0.25, -0.2) is 0 Å². The number of nitrogens with zero attached hydrogens (tertiary/aromatic N) is 3. The van der Waals surface area contributed by atoms with E-state index in [-0.39, 0.29) is 0 Å². The van der Waals surface area contributed by atoms with Crippen molar-refractivity contribution in [1.29, 1.82) is 0 Å². The molecule has 30 heavy (non-hydrogen) atoms. The molecule has 8 heteroatoms. The molecule has 1 aromatic heterocycles. The Kier molecular flexibility index (Phi) is 9.87. The van der Waals surface area contributed by atoms with E-state index in [2.05, 4.69) is 58.7 Å². The summed E-state index contributed by atoms with van der Waals surface area (Å²) in [6.07, 6.45) is 0. The maximum absolute atomic E-state index is 5.57. The van der Waals surface area contributed by atoms with Gasteiger partial charge in [-0.3, -0.25) is 14.8 Å². The largest absolute Gasteiger partial charge is 0.379 e. The fourth-order valence-electron chi connectivity index (χ4n) is 4.16. The zero-order valence-corrected chi connectivity index (χ0v) is 19.6. The van der Waals surface area contributed by atoms with Crippen LogP contribution in [0, 0.1) is 5.92 Å². The quantitative estimate of drug-likeness (QED) is 0.455. The van der Waals surface area contributed by atoms with Gasteiger partial charge in [0.15, 0.2) is 5.96 Å². The fourth-order valence-corrected chi connectivity index (χ4v) is 5.02. The van der Waals surface area contributed by atoms with E-state index in [4.69, 9.17) is 14.5 Å². The van der Waals surface area contributed by atoms with Crippen LogP contribution >= 0.6 is 11.3 Å². The van der Waals surface area contributed by atoms with Gasteiger partial charge < -0.3 is 20.1 Å². The van der Waals surface area contributed by atoms with Crippen LogP contribution in [-0.2, 0) is 9.47 Å². The second-order valence-electron chi connectivity index (χ2n) is 8.24. The van der Waals surface area contributed by atoms with Gasteiger partial charge in [0.2, 0.25) is 0 Å². The van der Waals surface area contributed by atoms with Crippen LogP contribution in [0.1, 0.15) is 31.7 Å². The highest BCUT2D eigenvalue weighted by Gasteiger charge is 2.25. The maximum atomic E-state index is 5.57. The van der Waals surface area contributed by atoms with Crippen LogP contribution in [0.2, 0.25) is 0 Å². The third-order valence-corrected chi connectivity index (χ3v) is 6.86. The first kappa shape index (κ1) is 23.5. The summed E-state index contributed by atoms with van der Waals surface area (Å²) in [6.45, 7) is 16.4. The van der Waals surface area contributed by atoms with E-state index in [0.29, 0.717) is 18.0 Å². The van der Waals surface area contributed by atoms with Crippen LogP contribution in [0.5, 0.6) is 0 Å². The van der Waals surface area contributed by atoms with Crippen LogP contribution in [-0.4, -0.2) is 94.0 Å². The van der Waals surface area contributed by atoms with Crippen LogP contribution in [0.3, 0.4) is 0 Å². The third-order valence-electron chi connectivity index (χ3n) is 5.89. The van der Waals surface area contributed by atoms with Crippen molar-refractivity contribution in [3.63, 3.8) is 0 Å². The number of morpholine rings is 2. The molecule has 3 heterocycles. The molecular formula is C22H39N5O2S. The van der Waals surface area contributed by atoms with Crippen molar-refractivity contribution in [2.24, 2.45) is 10.9 Å². The molecule has 0 spiro atoms. The van der Waals surface area contributed by atoms with E-state index < -0.39 is 0 Å². The van der Waals surface area contributed by atoms with E-state index in [1.54, 1.807) is 0 Å². The maximum Gasteiger partial charge on any atom is 0.191 e. The van der Waals surface area contributed by atoms with Crippen LogP contribution in [0.15, 0.2) is 22.5 Å². The molecule has 0 bridgehead atoms. The summed E-state index contributed by atoms with van der Waals surface area (Å²) >= 11 is 1.83. The molecule has 0 aromatic carbocycles. The van der Waals surface area contributed by atoms with Crippen molar-refractivity contribution in [2.45, 2.75) is 32.9 Å². The average Bonchev–Trinajstić information content (AvgIpc) is 3.30. The standard InChI is InChI=1S/C22H39N5O2S/c1-4-23-22(24-16-19(18(2)3)26-7-11-28-12-8-26)25-17-20(21-6-5-15-30-21)27-9-13-29-14-10-27/h5-6,15,18-20H,4,7-14,16-17H2,1-3H3,(H2,23,24,25). The lowest BCUT2D eigenvalue weighted by Gasteiger charge is -2.36. The first-order valence-corrected chi connectivity index (χ1v) is 12.3. The Balaban J connectivity index is 1.63. The molecule has 2 fully saturated rings. The molecule has 2 unspecified atom stereocenters. The summed E-state index contributed by atoms with van der Waals surface area (Å²) in [6, 6.07) is 5.17. The molecular weight excluding hydrogens is 398 g/mol. The first-order chi connectivity index (χ1) is 14.7. The smallest absolute Gasteiger partial charge is 0.191 e. The van der Waals surface area contributed by atoms with Crippen molar-refractivity contribution in [3.05, 3.63) is 22.4 Å². The Labute approximate surface area is 185 Å². The number of aliphatic imine (C=N–C) groups is 1. The summed E-state index contributed by atoms with van der Waals surface area (Å²) < 4.78 is 11.1. The Morgan fingerprint density at radius 2 is 1.73 bits per heavy atom. The minimum atomic E-state index is 0.345. The number of rotatable bonds is 9. The molecule has 7 nitrogen and oxygen atoms in total. The van der Waals surface area contributed by atoms with E-state index in [0.717, 1.165) is 78.2 Å². The molecule has 2 aliphatic rings. The van der Waals surface area contributed by atoms with E-state index in [9.17, 15) is 0 Å². The van der Waals surface area contributed by atoms with E-state index in [1.807, 2.05) is 11.3 Å². The van der Waals surface area contributed by atoms with Gasteiger partial charge in [0.1, 0.15) is 0 Å². The molecule has 2 atom stereocenters. The molecule has 0 aliphatic carbocycles. The Morgan fingerprint density at radius 3 is 2.30 bits per heavy atom. The van der Waals surface area contributed by atoms with Crippen molar-refractivity contribution in [2.75, 3.05) is 72.2 Å². The highest BCUT2D eigenvalue weighted by atomic mass is 32.1. The lowest BCUT2D eigenvalue weighted by Crippen LogP contribution is -2.49. The highest BCUT2D eigenvalue weighted by Crippen LogP contribution is 2.25. The molecule has 0 saturated carbocycles. The second kappa shape index (κ2) is 12.6. The van der Waals surface area contributed by atoms with Gasteiger partial charge in [-0.2, -0.15) is 0 Å². The number of hydrogen-bond donors (Lipinski definition) is 2. The van der Waals surface area contributed by atoms with E-state index >= 15 is 0 Å². The van der Waals surface area contributed by atoms with Gasteiger partial charge in [0.25, 0.3) is 0 Å². The molecule has 170 valence electrons. The van der Waals surface area contributed by atoms with Crippen LogP contribution in [0.4, 0.5) is 0 Å². The van der Waals surface area contributed by atoms with E-state index in [1.165, 1.54) is 4.88 Å². The lowest BCUT2D eigenvalue weighted by atomic mass is 10.0. The summed E-state index contributed by atoms with van der Waals surface area (Å²) in [5, 5.41) is 9.23. The topological polar surface area (TPSA) is 61.4 Å². The minimum absolute atomic E-state index is 0.345. The van der Waals surface area contributed by atoms with Gasteiger partial charge in [0.05, 0.1) is 39.0 Å². The Morgan fingerprint density at radius 1 is 1.07 bits per heavy atom. The van der Waals surface area contributed by atoms with Crippen molar-refractivity contribution >= 4 is 17.3 Å². The Hall–Kier alpha value is -1.19. The second-order valence-corrected chi connectivity index (χ2v) is 9.22. The van der Waals surface area contributed by atoms with Crippen LogP contribution in [0.25, 0.3) is 0 Å². The van der Waals surface area contributed by atoms with Gasteiger partial charge in [0, 0.05) is 50.2 Å². The van der Waals surface area contributed by atoms with Crippen molar-refractivity contribution < 1.29 is 9.47 Å². The zero-order valence-electron chi connectivity index (χ0n) is 18.8. The summed E-state index contributed by atoms with van der Waals surface area (Å²) in [4.78, 5) is 11.4. The number of hydrogen-bond acceptors (Lipinski definition) is 6. The van der Waals surface area contributed by atoms with Gasteiger partial charge in [-0.1, -0.05) is 19.9 Å². The van der Waals surface area contributed by atoms with Crippen molar-refractivity contribution in [3.8, 4) is 0 Å². The monoisotopic (exact) mass is 437 g/mol. The number of thiophene rings is 1. The number of guanidine groups is 1. The SMILES string of the molecule is CCNC(=NCC(C(C)C)N1CCOCC1)NCC(c1cccs1)N1CCOCC1. The third kappa shape index (κ3) is 6.92. The zero-order chi connectivity index (χ0) is 21.2. The molecule has 2 aliphatic heterocycles. The summed E-state index contributed by atoms with van der Waals surface area (Å²) in [5.41, 5.74) is 0. The fraction of sp³-hybridized carbons (Fsp3) is 0.773. The lowest BCUT2D eigenvalue weighted by molar-refractivity contribution is 0.00865. The van der Waals surface area contributed by atoms with Crippen LogP contribution < -0.4 is 10.6 Å². The molecule has 2 saturated heterocycles. The molecule has 0 radical (unpaired) electrons. The molecule has 3 rings (SSSR count). The van der Waals surface area contributed by atoms with Gasteiger partial charge >= 0.3 is 0 Å². The Bertz CT molecular complexity index is 613. The van der Waals surface area contributed by atoms with Gasteiger partial charge in [-0.15, -0.1) is 11.3 Å². The molecule has 0 amide bonds. The predicted molar refractivity (Wildman–Crippen MR) is 124 cm³/mol. The summed E-state index contributed by atoms with van der Waals surface area (Å²) in [7, 11) is 0. The number of ether oxygens (including phenoxy) is 2. The minimum Gasteiger partial charge on any atom is -0.379 e. The summed E-state index contributed by atoms with van der Waals surface area (Å²) in [5.74, 6) is 1.47. The van der Waals surface area contributed by atoms with Crippen molar-refractivity contribution in [1.82, 2.24) is 20.4 Å². The molecule has 2 N–H and O–H groups in total. The average molecular weight is 438 g/mol. The normalized spacial score (nSPS) is 21.5. The predicted octanol–water partition coefficient (Wildman–Crippen LogP) is 2.03. The molecule has 1 aromatic rings. The first-order valence-electron chi connectivity index (χ1n) is 11.4.